The van der Waals surface area contributed by atoms with E-state index in [9.17, 15) is 8.78 Å². The van der Waals surface area contributed by atoms with Gasteiger partial charge in [0.25, 0.3) is 0 Å². The van der Waals surface area contributed by atoms with Crippen LogP contribution >= 0.6 is 12.2 Å². The van der Waals surface area contributed by atoms with Gasteiger partial charge in [0, 0.05) is 17.3 Å². The van der Waals surface area contributed by atoms with Crippen molar-refractivity contribution in [1.29, 1.82) is 0 Å². The van der Waals surface area contributed by atoms with Gasteiger partial charge in [-0.25, -0.2) is 8.78 Å². The zero-order valence-corrected chi connectivity index (χ0v) is 11.7. The summed E-state index contributed by atoms with van der Waals surface area (Å²) >= 11 is 4.75. The Morgan fingerprint density at radius 2 is 1.95 bits per heavy atom. The fourth-order valence-electron chi connectivity index (χ4n) is 1.91. The van der Waals surface area contributed by atoms with Crippen LogP contribution in [0, 0.1) is 11.6 Å². The molecule has 2 aromatic rings. The summed E-state index contributed by atoms with van der Waals surface area (Å²) in [6.07, 6.45) is 0. The second-order valence-electron chi connectivity index (χ2n) is 4.48. The van der Waals surface area contributed by atoms with Gasteiger partial charge in [-0.2, -0.15) is 0 Å². The van der Waals surface area contributed by atoms with E-state index in [2.05, 4.69) is 5.32 Å². The number of nitrogens with two attached hydrogens (primary N) is 1. The van der Waals surface area contributed by atoms with E-state index >= 15 is 0 Å². The van der Waals surface area contributed by atoms with Crippen LogP contribution in [0.3, 0.4) is 0 Å². The first kappa shape index (κ1) is 14.4. The van der Waals surface area contributed by atoms with Crippen LogP contribution in [0.2, 0.25) is 0 Å². The molecular weight excluding hydrogens is 278 g/mol. The minimum atomic E-state index is -0.478. The summed E-state index contributed by atoms with van der Waals surface area (Å²) < 4.78 is 26.9. The quantitative estimate of drug-likeness (QED) is 0.842. The standard InChI is InChI=1S/C15H14F2N2S/c1-9(10-3-2-4-11(16)7-10)19-12-5-6-13(15(18)20)14(17)8-12/h2-9,19H,1H3,(H2,18,20). The third kappa shape index (κ3) is 3.30. The Hall–Kier alpha value is -2.01. The molecule has 0 amide bonds. The van der Waals surface area contributed by atoms with Crippen LogP contribution in [-0.4, -0.2) is 4.99 Å². The zero-order valence-electron chi connectivity index (χ0n) is 10.9. The highest BCUT2D eigenvalue weighted by atomic mass is 32.1. The summed E-state index contributed by atoms with van der Waals surface area (Å²) in [5.74, 6) is -0.778. The maximum Gasteiger partial charge on any atom is 0.135 e. The topological polar surface area (TPSA) is 38.0 Å². The van der Waals surface area contributed by atoms with Crippen molar-refractivity contribution in [3.05, 3.63) is 65.2 Å². The van der Waals surface area contributed by atoms with Crippen LogP contribution in [0.5, 0.6) is 0 Å². The molecule has 0 bridgehead atoms. The third-order valence-corrected chi connectivity index (χ3v) is 3.19. The van der Waals surface area contributed by atoms with E-state index in [4.69, 9.17) is 18.0 Å². The molecule has 104 valence electrons. The lowest BCUT2D eigenvalue weighted by molar-refractivity contribution is 0.622. The largest absolute Gasteiger partial charge is 0.389 e. The molecule has 20 heavy (non-hydrogen) atoms. The van der Waals surface area contributed by atoms with Crippen LogP contribution < -0.4 is 11.1 Å². The molecule has 1 atom stereocenters. The minimum absolute atomic E-state index is 0.0206. The van der Waals surface area contributed by atoms with Gasteiger partial charge in [-0.3, -0.25) is 0 Å². The number of nitrogens with one attached hydrogen (secondary N) is 1. The Morgan fingerprint density at radius 3 is 2.55 bits per heavy atom. The van der Waals surface area contributed by atoms with Gasteiger partial charge >= 0.3 is 0 Å². The Balaban J connectivity index is 2.18. The molecule has 0 aliphatic carbocycles. The molecule has 0 aliphatic rings. The summed E-state index contributed by atoms with van der Waals surface area (Å²) in [6.45, 7) is 1.87. The monoisotopic (exact) mass is 292 g/mol. The van der Waals surface area contributed by atoms with Gasteiger partial charge in [0.1, 0.15) is 16.6 Å². The molecule has 0 radical (unpaired) electrons. The van der Waals surface area contributed by atoms with E-state index in [1.165, 1.54) is 24.3 Å². The molecule has 0 saturated heterocycles. The molecule has 0 aliphatic heterocycles. The maximum atomic E-state index is 13.8. The number of benzene rings is 2. The highest BCUT2D eigenvalue weighted by molar-refractivity contribution is 7.80. The van der Waals surface area contributed by atoms with Gasteiger partial charge in [0.15, 0.2) is 0 Å². The van der Waals surface area contributed by atoms with Crippen LogP contribution in [0.25, 0.3) is 0 Å². The summed E-state index contributed by atoms with van der Waals surface area (Å²) in [4.78, 5) is 0.0206. The Labute approximate surface area is 121 Å². The molecule has 2 aromatic carbocycles. The first-order valence-corrected chi connectivity index (χ1v) is 6.49. The molecule has 3 N–H and O–H groups in total. The van der Waals surface area contributed by atoms with E-state index < -0.39 is 5.82 Å². The average molecular weight is 292 g/mol. The molecule has 5 heteroatoms. The van der Waals surface area contributed by atoms with E-state index in [-0.39, 0.29) is 22.4 Å². The Morgan fingerprint density at radius 1 is 1.20 bits per heavy atom. The van der Waals surface area contributed by atoms with E-state index in [0.717, 1.165) is 5.56 Å². The predicted octanol–water partition coefficient (Wildman–Crippen LogP) is 3.77. The number of halogens is 2. The molecule has 2 nitrogen and oxygen atoms in total. The molecule has 0 heterocycles. The van der Waals surface area contributed by atoms with Crippen molar-refractivity contribution in [2.75, 3.05) is 5.32 Å². The molecule has 0 spiro atoms. The maximum absolute atomic E-state index is 13.8. The lowest BCUT2D eigenvalue weighted by atomic mass is 10.1. The predicted molar refractivity (Wildman–Crippen MR) is 80.7 cm³/mol. The van der Waals surface area contributed by atoms with Gasteiger partial charge in [0.05, 0.1) is 0 Å². The second kappa shape index (κ2) is 5.96. The number of anilines is 1. The average Bonchev–Trinajstić information content (AvgIpc) is 2.38. The molecule has 1 unspecified atom stereocenters. The van der Waals surface area contributed by atoms with Crippen LogP contribution in [0.15, 0.2) is 42.5 Å². The van der Waals surface area contributed by atoms with Crippen molar-refractivity contribution >= 4 is 22.9 Å². The van der Waals surface area contributed by atoms with Crippen molar-refractivity contribution < 1.29 is 8.78 Å². The van der Waals surface area contributed by atoms with E-state index in [0.29, 0.717) is 5.69 Å². The lowest BCUT2D eigenvalue weighted by Gasteiger charge is -2.16. The number of hydrogen-bond donors (Lipinski definition) is 2. The van der Waals surface area contributed by atoms with Crippen LogP contribution in [0.4, 0.5) is 14.5 Å². The Kier molecular flexibility index (Phi) is 4.29. The van der Waals surface area contributed by atoms with E-state index in [1.54, 1.807) is 18.2 Å². The molecule has 0 aromatic heterocycles. The zero-order chi connectivity index (χ0) is 14.7. The third-order valence-electron chi connectivity index (χ3n) is 2.97. The van der Waals surface area contributed by atoms with Crippen LogP contribution in [0.1, 0.15) is 24.1 Å². The Bertz CT molecular complexity index is 644. The molecule has 0 saturated carbocycles. The fourth-order valence-corrected chi connectivity index (χ4v) is 2.08. The van der Waals surface area contributed by atoms with Crippen LogP contribution in [-0.2, 0) is 0 Å². The van der Waals surface area contributed by atoms with Gasteiger partial charge in [-0.1, -0.05) is 24.4 Å². The van der Waals surface area contributed by atoms with Gasteiger partial charge in [-0.15, -0.1) is 0 Å². The second-order valence-corrected chi connectivity index (χ2v) is 4.92. The van der Waals surface area contributed by atoms with Gasteiger partial charge in [0.2, 0.25) is 0 Å². The first-order chi connectivity index (χ1) is 9.47. The minimum Gasteiger partial charge on any atom is -0.389 e. The molecule has 2 rings (SSSR count). The van der Waals surface area contributed by atoms with Crippen molar-refractivity contribution in [2.45, 2.75) is 13.0 Å². The summed E-state index contributed by atoms with van der Waals surface area (Å²) in [5.41, 5.74) is 6.98. The highest BCUT2D eigenvalue weighted by Crippen LogP contribution is 2.21. The van der Waals surface area contributed by atoms with E-state index in [1.807, 2.05) is 6.92 Å². The van der Waals surface area contributed by atoms with Crippen molar-refractivity contribution in [1.82, 2.24) is 0 Å². The summed E-state index contributed by atoms with van der Waals surface area (Å²) in [6, 6.07) is 10.7. The van der Waals surface area contributed by atoms with Gasteiger partial charge in [-0.05, 0) is 42.8 Å². The molecular formula is C15H14F2N2S. The summed E-state index contributed by atoms with van der Waals surface area (Å²) in [5, 5.41) is 3.10. The lowest BCUT2D eigenvalue weighted by Crippen LogP contribution is -2.12. The van der Waals surface area contributed by atoms with Crippen molar-refractivity contribution in [3.63, 3.8) is 0 Å². The highest BCUT2D eigenvalue weighted by Gasteiger charge is 2.09. The number of rotatable bonds is 4. The fraction of sp³-hybridized carbons (Fsp3) is 0.133. The van der Waals surface area contributed by atoms with Gasteiger partial charge < -0.3 is 11.1 Å². The number of hydrogen-bond acceptors (Lipinski definition) is 2. The normalized spacial score (nSPS) is 11.9. The molecule has 0 fully saturated rings. The number of thiocarbonyl (C=S) groups is 1. The SMILES string of the molecule is CC(Nc1ccc(C(N)=S)c(F)c1)c1cccc(F)c1. The summed E-state index contributed by atoms with van der Waals surface area (Å²) in [7, 11) is 0. The van der Waals surface area contributed by atoms with Crippen molar-refractivity contribution in [3.8, 4) is 0 Å². The first-order valence-electron chi connectivity index (χ1n) is 6.08. The smallest absolute Gasteiger partial charge is 0.135 e. The van der Waals surface area contributed by atoms with Crippen molar-refractivity contribution in [2.24, 2.45) is 5.73 Å².